The number of fused-ring (bicyclic) bond motifs is 1. The Morgan fingerprint density at radius 3 is 2.26 bits per heavy atom. The Balaban J connectivity index is 1.94. The van der Waals surface area contributed by atoms with E-state index in [1.807, 2.05) is 38.1 Å². The van der Waals surface area contributed by atoms with Crippen LogP contribution in [0.2, 0.25) is 0 Å². The molecule has 3 rings (SSSR count). The maximum atomic E-state index is 4.60. The van der Waals surface area contributed by atoms with E-state index < -0.39 is 0 Å². The first-order valence-electron chi connectivity index (χ1n) is 6.45. The molecule has 0 aliphatic carbocycles. The Kier molecular flexibility index (Phi) is 2.79. The summed E-state index contributed by atoms with van der Waals surface area (Å²) in [4.78, 5) is 9.15. The minimum atomic E-state index is -0.315. The Bertz CT molecular complexity index is 741. The molecule has 2 aromatic carbocycles. The first-order valence-corrected chi connectivity index (χ1v) is 6.45. The first kappa shape index (κ1) is 11.8. The molecule has 0 atom stereocenters. The molecule has 0 amide bonds. The van der Waals surface area contributed by atoms with Crippen LogP contribution in [0.4, 0.5) is 0 Å². The topological polar surface area (TPSA) is 24.7 Å². The van der Waals surface area contributed by atoms with Crippen LogP contribution in [-0.4, -0.2) is 5.66 Å². The minimum Gasteiger partial charge on any atom is -0.254 e. The Morgan fingerprint density at radius 1 is 0.789 bits per heavy atom. The fraction of sp³-hybridized carbons (Fsp3) is 0.176. The molecule has 0 unspecified atom stereocenters. The van der Waals surface area contributed by atoms with Gasteiger partial charge < -0.3 is 0 Å². The van der Waals surface area contributed by atoms with Crippen LogP contribution in [0, 0.1) is 0 Å². The smallest absolute Gasteiger partial charge is 0.146 e. The van der Waals surface area contributed by atoms with Gasteiger partial charge in [0.1, 0.15) is 5.66 Å². The lowest BCUT2D eigenvalue weighted by atomic mass is 10.1. The molecule has 2 aromatic rings. The molecule has 1 heterocycles. The van der Waals surface area contributed by atoms with Crippen LogP contribution in [0.25, 0.3) is 12.2 Å². The van der Waals surface area contributed by atoms with Gasteiger partial charge in [0, 0.05) is 0 Å². The summed E-state index contributed by atoms with van der Waals surface area (Å²) in [7, 11) is 0. The molecule has 0 saturated heterocycles. The lowest BCUT2D eigenvalue weighted by Gasteiger charge is -2.06. The van der Waals surface area contributed by atoms with Gasteiger partial charge in [0.05, 0.1) is 10.7 Å². The second-order valence-corrected chi connectivity index (χ2v) is 5.21. The van der Waals surface area contributed by atoms with Crippen molar-refractivity contribution in [2.24, 2.45) is 9.98 Å². The zero-order valence-electron chi connectivity index (χ0n) is 11.2. The molecule has 0 spiro atoms. The van der Waals surface area contributed by atoms with Crippen LogP contribution in [0.3, 0.4) is 0 Å². The van der Waals surface area contributed by atoms with E-state index in [-0.39, 0.29) is 5.66 Å². The van der Waals surface area contributed by atoms with E-state index in [2.05, 4.69) is 46.4 Å². The maximum Gasteiger partial charge on any atom is 0.146 e. The molecule has 0 bridgehead atoms. The van der Waals surface area contributed by atoms with Gasteiger partial charge in [-0.25, -0.2) is 0 Å². The maximum absolute atomic E-state index is 4.60. The molecular weight excluding hydrogens is 232 g/mol. The summed E-state index contributed by atoms with van der Waals surface area (Å²) < 4.78 is 0. The lowest BCUT2D eigenvalue weighted by molar-refractivity contribution is 0.549. The van der Waals surface area contributed by atoms with Gasteiger partial charge in [-0.3, -0.25) is 9.98 Å². The van der Waals surface area contributed by atoms with E-state index in [0.29, 0.717) is 0 Å². The SMILES string of the molecule is CC1(C)N=c2ccc(C=Cc3ccccc3)cc2=N1. The van der Waals surface area contributed by atoms with Gasteiger partial charge >= 0.3 is 0 Å². The number of nitrogens with zero attached hydrogens (tertiary/aromatic N) is 2. The molecule has 0 radical (unpaired) electrons. The fourth-order valence-electron chi connectivity index (χ4n) is 2.20. The zero-order chi connectivity index (χ0) is 13.3. The van der Waals surface area contributed by atoms with Crippen LogP contribution in [0.15, 0.2) is 58.5 Å². The van der Waals surface area contributed by atoms with E-state index in [9.17, 15) is 0 Å². The van der Waals surface area contributed by atoms with E-state index >= 15 is 0 Å². The normalized spacial score (nSPS) is 15.9. The van der Waals surface area contributed by atoms with Crippen molar-refractivity contribution in [3.05, 3.63) is 70.4 Å². The van der Waals surface area contributed by atoms with Crippen LogP contribution in [0.5, 0.6) is 0 Å². The second kappa shape index (κ2) is 4.47. The van der Waals surface area contributed by atoms with Crippen LogP contribution in [0.1, 0.15) is 25.0 Å². The molecular formula is C17H16N2. The highest BCUT2D eigenvalue weighted by Crippen LogP contribution is 2.11. The van der Waals surface area contributed by atoms with E-state index in [0.717, 1.165) is 16.3 Å². The molecule has 0 aromatic heterocycles. The van der Waals surface area contributed by atoms with Crippen molar-refractivity contribution in [1.29, 1.82) is 0 Å². The highest BCUT2D eigenvalue weighted by molar-refractivity contribution is 5.69. The highest BCUT2D eigenvalue weighted by Gasteiger charge is 2.17. The zero-order valence-corrected chi connectivity index (χ0v) is 11.2. The average molecular weight is 248 g/mol. The summed E-state index contributed by atoms with van der Waals surface area (Å²) in [6.45, 7) is 4.04. The van der Waals surface area contributed by atoms with Gasteiger partial charge in [0.25, 0.3) is 0 Å². The molecule has 2 heteroatoms. The number of hydrogen-bond donors (Lipinski definition) is 0. The van der Waals surface area contributed by atoms with Gasteiger partial charge in [0.15, 0.2) is 0 Å². The molecule has 1 aliphatic rings. The number of benzene rings is 2. The van der Waals surface area contributed by atoms with Crippen LogP contribution in [-0.2, 0) is 0 Å². The monoisotopic (exact) mass is 248 g/mol. The largest absolute Gasteiger partial charge is 0.254 e. The van der Waals surface area contributed by atoms with E-state index in [4.69, 9.17) is 0 Å². The highest BCUT2D eigenvalue weighted by atomic mass is 15.1. The number of rotatable bonds is 2. The Labute approximate surface area is 112 Å². The van der Waals surface area contributed by atoms with E-state index in [1.165, 1.54) is 5.56 Å². The van der Waals surface area contributed by atoms with Crippen molar-refractivity contribution < 1.29 is 0 Å². The molecule has 2 nitrogen and oxygen atoms in total. The summed E-state index contributed by atoms with van der Waals surface area (Å²) >= 11 is 0. The summed E-state index contributed by atoms with van der Waals surface area (Å²) in [5.74, 6) is 0. The third-order valence-corrected chi connectivity index (χ3v) is 3.06. The van der Waals surface area contributed by atoms with Crippen molar-refractivity contribution in [3.8, 4) is 0 Å². The van der Waals surface area contributed by atoms with E-state index in [1.54, 1.807) is 0 Å². The van der Waals surface area contributed by atoms with Crippen molar-refractivity contribution in [3.63, 3.8) is 0 Å². The van der Waals surface area contributed by atoms with Crippen molar-refractivity contribution in [2.75, 3.05) is 0 Å². The summed E-state index contributed by atoms with van der Waals surface area (Å²) in [5.41, 5.74) is 2.04. The second-order valence-electron chi connectivity index (χ2n) is 5.21. The number of hydrogen-bond acceptors (Lipinski definition) is 2. The Hall–Kier alpha value is -2.22. The summed E-state index contributed by atoms with van der Waals surface area (Å²) in [5, 5.41) is 1.97. The molecule has 94 valence electrons. The summed E-state index contributed by atoms with van der Waals surface area (Å²) in [6, 6.07) is 16.5. The molecule has 0 N–H and O–H groups in total. The lowest BCUT2D eigenvalue weighted by Crippen LogP contribution is -2.20. The van der Waals surface area contributed by atoms with Gasteiger partial charge in [0.2, 0.25) is 0 Å². The third kappa shape index (κ3) is 2.63. The predicted octanol–water partition coefficient (Wildman–Crippen LogP) is 2.85. The predicted molar refractivity (Wildman–Crippen MR) is 78.2 cm³/mol. The quantitative estimate of drug-likeness (QED) is 0.730. The van der Waals surface area contributed by atoms with Gasteiger partial charge in [-0.1, -0.05) is 48.6 Å². The van der Waals surface area contributed by atoms with Gasteiger partial charge in [-0.05, 0) is 37.1 Å². The van der Waals surface area contributed by atoms with Crippen molar-refractivity contribution in [1.82, 2.24) is 0 Å². The van der Waals surface area contributed by atoms with Crippen molar-refractivity contribution >= 4 is 12.2 Å². The first-order chi connectivity index (χ1) is 9.12. The molecule has 0 saturated carbocycles. The van der Waals surface area contributed by atoms with Crippen LogP contribution < -0.4 is 10.7 Å². The molecule has 1 aliphatic heterocycles. The van der Waals surface area contributed by atoms with Gasteiger partial charge in [-0.15, -0.1) is 0 Å². The van der Waals surface area contributed by atoms with Gasteiger partial charge in [-0.2, -0.15) is 0 Å². The molecule has 0 fully saturated rings. The van der Waals surface area contributed by atoms with Crippen molar-refractivity contribution in [2.45, 2.75) is 19.5 Å². The fourth-order valence-corrected chi connectivity index (χ4v) is 2.20. The third-order valence-electron chi connectivity index (χ3n) is 3.06. The minimum absolute atomic E-state index is 0.315. The summed E-state index contributed by atoms with van der Waals surface area (Å²) in [6.07, 6.45) is 4.22. The Morgan fingerprint density at radius 2 is 1.47 bits per heavy atom. The molecule has 19 heavy (non-hydrogen) atoms. The standard InChI is InChI=1S/C17H16N2/c1-17(2)18-15-11-10-14(12-16(15)19-17)9-8-13-6-4-3-5-7-13/h3-12H,1-2H3. The average Bonchev–Trinajstić information content (AvgIpc) is 2.70. The van der Waals surface area contributed by atoms with Crippen LogP contribution >= 0.6 is 0 Å².